The van der Waals surface area contributed by atoms with Crippen LogP contribution >= 0.6 is 23.2 Å². The highest BCUT2D eigenvalue weighted by Gasteiger charge is 2.24. The van der Waals surface area contributed by atoms with Crippen LogP contribution in [0.25, 0.3) is 0 Å². The number of carbonyl (C=O) groups excluding carboxylic acids is 1. The molecule has 10 heteroatoms. The Kier molecular flexibility index (Phi) is 7.90. The van der Waals surface area contributed by atoms with Gasteiger partial charge in [-0.15, -0.1) is 0 Å². The third-order valence-corrected chi connectivity index (χ3v) is 6.26. The lowest BCUT2D eigenvalue weighted by molar-refractivity contribution is -0.124. The molecular formula is C24H23Cl2F2N3O3. The van der Waals surface area contributed by atoms with Crippen molar-refractivity contribution in [2.45, 2.75) is 44.4 Å². The van der Waals surface area contributed by atoms with Gasteiger partial charge in [-0.05, 0) is 49.9 Å². The summed E-state index contributed by atoms with van der Waals surface area (Å²) in [5.74, 6) is -0.721. The molecule has 0 bridgehead atoms. The summed E-state index contributed by atoms with van der Waals surface area (Å²) in [6.45, 7) is 0.0744. The summed E-state index contributed by atoms with van der Waals surface area (Å²) in [6, 6.07) is 8.65. The number of ether oxygens (including phenoxy) is 2. The van der Waals surface area contributed by atoms with Crippen LogP contribution in [0.5, 0.6) is 11.5 Å². The lowest BCUT2D eigenvalue weighted by Gasteiger charge is -2.29. The van der Waals surface area contributed by atoms with E-state index in [2.05, 4.69) is 10.4 Å². The first-order valence-corrected chi connectivity index (χ1v) is 11.6. The SMILES string of the molecule is O=C(COc1ccc(Cl)c(F)c1)NC1CCC(n2cc(COc3ccc(Cl)c(F)c3)cn2)CC1. The molecule has 1 saturated carbocycles. The molecule has 0 radical (unpaired) electrons. The van der Waals surface area contributed by atoms with Gasteiger partial charge in [0, 0.05) is 29.9 Å². The summed E-state index contributed by atoms with van der Waals surface area (Å²) in [6.07, 6.45) is 6.99. The number of rotatable bonds is 8. The van der Waals surface area contributed by atoms with Crippen LogP contribution in [0.3, 0.4) is 0 Å². The molecule has 1 N–H and O–H groups in total. The molecule has 1 aliphatic rings. The number of halogens is 4. The monoisotopic (exact) mass is 509 g/mol. The zero-order chi connectivity index (χ0) is 24.1. The van der Waals surface area contributed by atoms with Crippen molar-refractivity contribution in [3.63, 3.8) is 0 Å². The van der Waals surface area contributed by atoms with E-state index in [0.29, 0.717) is 5.75 Å². The number of hydrogen-bond acceptors (Lipinski definition) is 4. The van der Waals surface area contributed by atoms with Gasteiger partial charge in [0.25, 0.3) is 5.91 Å². The van der Waals surface area contributed by atoms with E-state index >= 15 is 0 Å². The standard InChI is InChI=1S/C24H23Cl2F2N3O3/c25-20-7-5-18(9-22(20)27)33-13-15-11-29-31(12-15)17-3-1-16(2-4-17)30-24(32)14-34-19-6-8-21(26)23(28)10-19/h5-12,16-17H,1-4,13-14H2,(H,30,32). The third-order valence-electron chi connectivity index (χ3n) is 5.65. The Balaban J connectivity index is 1.20. The van der Waals surface area contributed by atoms with Crippen LogP contribution in [0.15, 0.2) is 48.8 Å². The van der Waals surface area contributed by atoms with Crippen LogP contribution in [0.4, 0.5) is 8.78 Å². The Bertz CT molecular complexity index is 1150. The van der Waals surface area contributed by atoms with Gasteiger partial charge in [0.15, 0.2) is 6.61 Å². The zero-order valence-corrected chi connectivity index (χ0v) is 19.7. The van der Waals surface area contributed by atoms with Gasteiger partial charge in [0.2, 0.25) is 0 Å². The lowest BCUT2D eigenvalue weighted by atomic mass is 9.91. The highest BCUT2D eigenvalue weighted by molar-refractivity contribution is 6.31. The first kappa shape index (κ1) is 24.3. The Morgan fingerprint density at radius 3 is 2.24 bits per heavy atom. The summed E-state index contributed by atoms with van der Waals surface area (Å²) in [5.41, 5.74) is 0.876. The number of benzene rings is 2. The predicted octanol–water partition coefficient (Wildman–Crippen LogP) is 5.73. The van der Waals surface area contributed by atoms with Crippen LogP contribution in [0.1, 0.15) is 37.3 Å². The first-order chi connectivity index (χ1) is 16.4. The largest absolute Gasteiger partial charge is 0.489 e. The van der Waals surface area contributed by atoms with Crippen molar-refractivity contribution in [1.82, 2.24) is 15.1 Å². The molecule has 0 unspecified atom stereocenters. The molecule has 2 aromatic carbocycles. The van der Waals surface area contributed by atoms with Crippen molar-refractivity contribution < 1.29 is 23.0 Å². The zero-order valence-electron chi connectivity index (χ0n) is 18.1. The lowest BCUT2D eigenvalue weighted by Crippen LogP contribution is -2.40. The second-order valence-corrected chi connectivity index (χ2v) is 8.95. The molecule has 3 aromatic rings. The van der Waals surface area contributed by atoms with Gasteiger partial charge in [-0.3, -0.25) is 9.48 Å². The summed E-state index contributed by atoms with van der Waals surface area (Å²) in [4.78, 5) is 12.2. The minimum atomic E-state index is -0.592. The molecule has 1 heterocycles. The van der Waals surface area contributed by atoms with Gasteiger partial charge in [0.1, 0.15) is 29.7 Å². The number of nitrogens with one attached hydrogen (secondary N) is 1. The van der Waals surface area contributed by atoms with Crippen LogP contribution < -0.4 is 14.8 Å². The van der Waals surface area contributed by atoms with Crippen LogP contribution in [0.2, 0.25) is 10.0 Å². The molecule has 1 aliphatic carbocycles. The normalized spacial score (nSPS) is 17.9. The minimum Gasteiger partial charge on any atom is -0.489 e. The molecule has 4 rings (SSSR count). The van der Waals surface area contributed by atoms with E-state index in [4.69, 9.17) is 32.7 Å². The molecule has 0 spiro atoms. The van der Waals surface area contributed by atoms with E-state index in [1.54, 1.807) is 12.3 Å². The van der Waals surface area contributed by atoms with Crippen molar-refractivity contribution in [3.8, 4) is 11.5 Å². The van der Waals surface area contributed by atoms with Crippen molar-refractivity contribution >= 4 is 29.1 Å². The highest BCUT2D eigenvalue weighted by atomic mass is 35.5. The Morgan fingerprint density at radius 2 is 1.62 bits per heavy atom. The maximum Gasteiger partial charge on any atom is 0.258 e. The molecule has 0 atom stereocenters. The van der Waals surface area contributed by atoms with E-state index < -0.39 is 11.6 Å². The molecule has 1 amide bonds. The van der Waals surface area contributed by atoms with Gasteiger partial charge in [-0.2, -0.15) is 5.10 Å². The van der Waals surface area contributed by atoms with Crippen molar-refractivity contribution in [2.75, 3.05) is 6.61 Å². The summed E-state index contributed by atoms with van der Waals surface area (Å²) >= 11 is 11.3. The fourth-order valence-corrected chi connectivity index (χ4v) is 4.09. The van der Waals surface area contributed by atoms with Crippen molar-refractivity contribution in [3.05, 3.63) is 76.0 Å². The average molecular weight is 510 g/mol. The van der Waals surface area contributed by atoms with Crippen molar-refractivity contribution in [2.24, 2.45) is 0 Å². The van der Waals surface area contributed by atoms with E-state index in [0.717, 1.165) is 37.3 Å². The molecular weight excluding hydrogens is 487 g/mol. The average Bonchev–Trinajstić information content (AvgIpc) is 3.30. The molecule has 6 nitrogen and oxygen atoms in total. The van der Waals surface area contributed by atoms with E-state index in [-0.39, 0.29) is 47.0 Å². The molecule has 34 heavy (non-hydrogen) atoms. The van der Waals surface area contributed by atoms with E-state index in [1.165, 1.54) is 24.3 Å². The number of nitrogens with zero attached hydrogens (tertiary/aromatic N) is 2. The van der Waals surface area contributed by atoms with Crippen molar-refractivity contribution in [1.29, 1.82) is 0 Å². The summed E-state index contributed by atoms with van der Waals surface area (Å²) in [5, 5.41) is 7.46. The smallest absolute Gasteiger partial charge is 0.258 e. The second kappa shape index (κ2) is 11.1. The molecule has 180 valence electrons. The third kappa shape index (κ3) is 6.39. The Labute approximate surface area is 205 Å². The maximum absolute atomic E-state index is 13.5. The molecule has 0 aliphatic heterocycles. The first-order valence-electron chi connectivity index (χ1n) is 10.9. The Morgan fingerprint density at radius 1 is 1.00 bits per heavy atom. The summed E-state index contributed by atoms with van der Waals surface area (Å²) < 4.78 is 39.9. The van der Waals surface area contributed by atoms with Crippen LogP contribution in [-0.2, 0) is 11.4 Å². The second-order valence-electron chi connectivity index (χ2n) is 8.13. The van der Waals surface area contributed by atoms with Gasteiger partial charge < -0.3 is 14.8 Å². The summed E-state index contributed by atoms with van der Waals surface area (Å²) in [7, 11) is 0. The number of amides is 1. The predicted molar refractivity (Wildman–Crippen MR) is 124 cm³/mol. The molecule has 1 fully saturated rings. The van der Waals surface area contributed by atoms with Crippen LogP contribution in [-0.4, -0.2) is 28.3 Å². The van der Waals surface area contributed by atoms with E-state index in [9.17, 15) is 13.6 Å². The fraction of sp³-hybridized carbons (Fsp3) is 0.333. The van der Waals surface area contributed by atoms with Gasteiger partial charge in [-0.1, -0.05) is 23.2 Å². The number of hydrogen-bond donors (Lipinski definition) is 1. The Hall–Kier alpha value is -2.84. The van der Waals surface area contributed by atoms with Gasteiger partial charge >= 0.3 is 0 Å². The number of carbonyl (C=O) groups is 1. The fourth-order valence-electron chi connectivity index (χ4n) is 3.85. The molecule has 1 aromatic heterocycles. The van der Waals surface area contributed by atoms with Gasteiger partial charge in [-0.25, -0.2) is 8.78 Å². The maximum atomic E-state index is 13.5. The minimum absolute atomic E-state index is 0.00216. The molecule has 0 saturated heterocycles. The van der Waals surface area contributed by atoms with Crippen LogP contribution in [0, 0.1) is 11.6 Å². The highest BCUT2D eigenvalue weighted by Crippen LogP contribution is 2.29. The van der Waals surface area contributed by atoms with Gasteiger partial charge in [0.05, 0.1) is 22.3 Å². The number of aromatic nitrogens is 2. The quantitative estimate of drug-likeness (QED) is 0.421. The van der Waals surface area contributed by atoms with E-state index in [1.807, 2.05) is 10.9 Å². The topological polar surface area (TPSA) is 65.4 Å².